The van der Waals surface area contributed by atoms with E-state index in [9.17, 15) is 4.39 Å². The van der Waals surface area contributed by atoms with Gasteiger partial charge < -0.3 is 10.6 Å². The third-order valence-electron chi connectivity index (χ3n) is 3.40. The molecule has 1 fully saturated rings. The largest absolute Gasteiger partial charge is 0.382 e. The van der Waals surface area contributed by atoms with Gasteiger partial charge in [-0.1, -0.05) is 0 Å². The molecule has 3 rings (SSSR count). The summed E-state index contributed by atoms with van der Waals surface area (Å²) in [6.45, 7) is 2.07. The number of halogens is 2. The Labute approximate surface area is 118 Å². The van der Waals surface area contributed by atoms with Crippen molar-refractivity contribution in [1.29, 1.82) is 0 Å². The Morgan fingerprint density at radius 1 is 1.21 bits per heavy atom. The summed E-state index contributed by atoms with van der Waals surface area (Å²) in [5.41, 5.74) is 1.81. The zero-order valence-corrected chi connectivity index (χ0v) is 11.3. The monoisotopic (exact) mass is 281 g/mol. The summed E-state index contributed by atoms with van der Waals surface area (Å²) in [7, 11) is 0. The second kappa shape index (κ2) is 6.17. The van der Waals surface area contributed by atoms with E-state index in [0.717, 1.165) is 42.5 Å². The van der Waals surface area contributed by atoms with Crippen LogP contribution in [0.15, 0.2) is 30.5 Å². The molecule has 0 saturated carbocycles. The van der Waals surface area contributed by atoms with E-state index in [1.54, 1.807) is 18.3 Å². The Balaban J connectivity index is 0.00000133. The van der Waals surface area contributed by atoms with Gasteiger partial charge in [0, 0.05) is 23.3 Å². The number of rotatable bonds is 2. The average Bonchev–Trinajstić information content (AvgIpc) is 2.41. The van der Waals surface area contributed by atoms with Gasteiger partial charge in [0.25, 0.3) is 0 Å². The highest BCUT2D eigenvalue weighted by Crippen LogP contribution is 2.24. The summed E-state index contributed by atoms with van der Waals surface area (Å²) >= 11 is 0. The normalized spacial score (nSPS) is 16.1. The molecule has 0 amide bonds. The zero-order chi connectivity index (χ0) is 12.4. The molecule has 19 heavy (non-hydrogen) atoms. The molecule has 0 unspecified atom stereocenters. The molecule has 2 N–H and O–H groups in total. The second-order valence-corrected chi connectivity index (χ2v) is 4.69. The van der Waals surface area contributed by atoms with E-state index < -0.39 is 0 Å². The summed E-state index contributed by atoms with van der Waals surface area (Å²) in [5.74, 6) is -0.219. The second-order valence-electron chi connectivity index (χ2n) is 4.69. The van der Waals surface area contributed by atoms with Gasteiger partial charge in [-0.3, -0.25) is 4.98 Å². The van der Waals surface area contributed by atoms with Crippen molar-refractivity contribution in [2.24, 2.45) is 0 Å². The molecule has 0 spiro atoms. The minimum atomic E-state index is -0.219. The first-order valence-electron chi connectivity index (χ1n) is 6.34. The van der Waals surface area contributed by atoms with E-state index in [1.807, 2.05) is 6.07 Å². The highest BCUT2D eigenvalue weighted by atomic mass is 35.5. The third-order valence-corrected chi connectivity index (χ3v) is 3.40. The number of piperidine rings is 1. The predicted molar refractivity (Wildman–Crippen MR) is 78.5 cm³/mol. The molecule has 2 heterocycles. The summed E-state index contributed by atoms with van der Waals surface area (Å²) in [6.07, 6.45) is 3.96. The molecule has 0 radical (unpaired) electrons. The molecule has 102 valence electrons. The lowest BCUT2D eigenvalue weighted by Crippen LogP contribution is -2.35. The number of hydrogen-bond acceptors (Lipinski definition) is 3. The minimum absolute atomic E-state index is 0. The number of nitrogens with zero attached hydrogens (tertiary/aromatic N) is 1. The van der Waals surface area contributed by atoms with Crippen LogP contribution in [0.4, 0.5) is 10.1 Å². The smallest absolute Gasteiger partial charge is 0.124 e. The quantitative estimate of drug-likeness (QED) is 0.889. The molecule has 1 aromatic carbocycles. The van der Waals surface area contributed by atoms with Crippen molar-refractivity contribution in [2.75, 3.05) is 18.4 Å². The summed E-state index contributed by atoms with van der Waals surface area (Å²) < 4.78 is 13.3. The van der Waals surface area contributed by atoms with Crippen molar-refractivity contribution in [1.82, 2.24) is 10.3 Å². The molecular weight excluding hydrogens is 265 g/mol. The number of hydrogen-bond donors (Lipinski definition) is 2. The lowest BCUT2D eigenvalue weighted by molar-refractivity contribution is 0.479. The Bertz CT molecular complexity index is 555. The van der Waals surface area contributed by atoms with Gasteiger partial charge in [0.15, 0.2) is 0 Å². The Hall–Kier alpha value is -1.39. The fourth-order valence-corrected chi connectivity index (χ4v) is 2.43. The molecule has 1 saturated heterocycles. The standard InChI is InChI=1S/C14H16FN3.ClH/c15-10-1-2-13-12(9-10)14(5-8-17-13)18-11-3-6-16-7-4-11;/h1-2,5,8-9,11,16H,3-4,6-7H2,(H,17,18);1H. The van der Waals surface area contributed by atoms with Crippen LogP contribution >= 0.6 is 12.4 Å². The molecule has 0 atom stereocenters. The van der Waals surface area contributed by atoms with E-state index in [1.165, 1.54) is 6.07 Å². The molecule has 1 aliphatic rings. The van der Waals surface area contributed by atoms with Crippen LogP contribution in [-0.4, -0.2) is 24.1 Å². The molecule has 1 aliphatic heterocycles. The lowest BCUT2D eigenvalue weighted by atomic mass is 10.1. The molecule has 5 heteroatoms. The Morgan fingerprint density at radius 2 is 2.00 bits per heavy atom. The van der Waals surface area contributed by atoms with Gasteiger partial charge in [0.2, 0.25) is 0 Å². The van der Waals surface area contributed by atoms with Gasteiger partial charge >= 0.3 is 0 Å². The Morgan fingerprint density at radius 3 is 2.79 bits per heavy atom. The summed E-state index contributed by atoms with van der Waals surface area (Å²) in [6, 6.07) is 7.09. The van der Waals surface area contributed by atoms with E-state index in [0.29, 0.717) is 6.04 Å². The van der Waals surface area contributed by atoms with Crippen molar-refractivity contribution in [3.8, 4) is 0 Å². The van der Waals surface area contributed by atoms with Gasteiger partial charge in [-0.15, -0.1) is 12.4 Å². The van der Waals surface area contributed by atoms with Crippen molar-refractivity contribution < 1.29 is 4.39 Å². The van der Waals surface area contributed by atoms with Crippen molar-refractivity contribution in [3.05, 3.63) is 36.3 Å². The maximum Gasteiger partial charge on any atom is 0.124 e. The maximum atomic E-state index is 13.3. The van der Waals surface area contributed by atoms with Crippen LogP contribution in [0.5, 0.6) is 0 Å². The van der Waals surface area contributed by atoms with Crippen molar-refractivity contribution in [2.45, 2.75) is 18.9 Å². The zero-order valence-electron chi connectivity index (χ0n) is 10.5. The molecule has 1 aromatic heterocycles. The fraction of sp³-hybridized carbons (Fsp3) is 0.357. The molecule has 0 bridgehead atoms. The molecule has 3 nitrogen and oxygen atoms in total. The topological polar surface area (TPSA) is 37.0 Å². The van der Waals surface area contributed by atoms with Crippen molar-refractivity contribution in [3.63, 3.8) is 0 Å². The first-order valence-corrected chi connectivity index (χ1v) is 6.34. The fourth-order valence-electron chi connectivity index (χ4n) is 2.43. The number of fused-ring (bicyclic) bond motifs is 1. The first-order chi connectivity index (χ1) is 8.83. The minimum Gasteiger partial charge on any atom is -0.382 e. The molecular formula is C14H17ClFN3. The SMILES string of the molecule is Cl.Fc1ccc2nccc(NC3CCNCC3)c2c1. The van der Waals surface area contributed by atoms with Crippen LogP contribution in [0.3, 0.4) is 0 Å². The summed E-state index contributed by atoms with van der Waals surface area (Å²) in [4.78, 5) is 4.26. The number of benzene rings is 1. The van der Waals surface area contributed by atoms with Gasteiger partial charge in [-0.05, 0) is 50.2 Å². The van der Waals surface area contributed by atoms with E-state index >= 15 is 0 Å². The van der Waals surface area contributed by atoms with Crippen LogP contribution in [-0.2, 0) is 0 Å². The third kappa shape index (κ3) is 3.14. The number of anilines is 1. The number of aromatic nitrogens is 1. The first kappa shape index (κ1) is 14.0. The van der Waals surface area contributed by atoms with Crippen LogP contribution in [0, 0.1) is 5.82 Å². The van der Waals surface area contributed by atoms with Crippen molar-refractivity contribution >= 4 is 29.0 Å². The molecule has 0 aliphatic carbocycles. The Kier molecular flexibility index (Phi) is 4.56. The lowest BCUT2D eigenvalue weighted by Gasteiger charge is -2.25. The number of nitrogens with one attached hydrogen (secondary N) is 2. The molecule has 2 aromatic rings. The van der Waals surface area contributed by atoms with E-state index in [4.69, 9.17) is 0 Å². The van der Waals surface area contributed by atoms with Gasteiger partial charge in [0.05, 0.1) is 5.52 Å². The maximum absolute atomic E-state index is 13.3. The highest BCUT2D eigenvalue weighted by molar-refractivity contribution is 5.91. The summed E-state index contributed by atoms with van der Waals surface area (Å²) in [5, 5.41) is 7.70. The predicted octanol–water partition coefficient (Wildman–Crippen LogP) is 2.96. The van der Waals surface area contributed by atoms with Crippen LogP contribution < -0.4 is 10.6 Å². The van der Waals surface area contributed by atoms with E-state index in [-0.39, 0.29) is 18.2 Å². The van der Waals surface area contributed by atoms with Crippen LogP contribution in [0.1, 0.15) is 12.8 Å². The van der Waals surface area contributed by atoms with Crippen LogP contribution in [0.2, 0.25) is 0 Å². The van der Waals surface area contributed by atoms with E-state index in [2.05, 4.69) is 15.6 Å². The average molecular weight is 282 g/mol. The van der Waals surface area contributed by atoms with Crippen LogP contribution in [0.25, 0.3) is 10.9 Å². The van der Waals surface area contributed by atoms with Gasteiger partial charge in [-0.25, -0.2) is 4.39 Å². The van der Waals surface area contributed by atoms with Gasteiger partial charge in [-0.2, -0.15) is 0 Å². The number of pyridine rings is 1. The highest BCUT2D eigenvalue weighted by Gasteiger charge is 2.13. The van der Waals surface area contributed by atoms with Gasteiger partial charge in [0.1, 0.15) is 5.82 Å².